The first-order chi connectivity index (χ1) is 13.3. The Kier molecular flexibility index (Phi) is 7.79. The zero-order valence-corrected chi connectivity index (χ0v) is 17.1. The quantitative estimate of drug-likeness (QED) is 0.361. The van der Waals surface area contributed by atoms with Gasteiger partial charge in [0.05, 0.1) is 0 Å². The summed E-state index contributed by atoms with van der Waals surface area (Å²) in [6, 6.07) is 16.8. The fraction of sp³-hybridized carbons (Fsp3) is 0.417. The monoisotopic (exact) mass is 382 g/mol. The topological polar surface area (TPSA) is 17.0 Å². The van der Waals surface area contributed by atoms with Crippen LogP contribution in [0.3, 0.4) is 0 Å². The van der Waals surface area contributed by atoms with E-state index >= 15 is 0 Å². The molecule has 0 unspecified atom stereocenters. The van der Waals surface area contributed by atoms with Crippen LogP contribution >= 0.6 is 11.6 Å². The summed E-state index contributed by atoms with van der Waals surface area (Å²) in [4.78, 5) is 0. The minimum atomic E-state index is 0.803. The Morgan fingerprint density at radius 1 is 0.852 bits per heavy atom. The summed E-state index contributed by atoms with van der Waals surface area (Å²) in [7, 11) is 0. The number of nitrogens with one attached hydrogen (secondary N) is 1. The lowest BCUT2D eigenvalue weighted by Crippen LogP contribution is -2.14. The first-order valence-corrected chi connectivity index (χ1v) is 10.7. The van der Waals surface area contributed by atoms with Gasteiger partial charge in [-0.3, -0.25) is 0 Å². The lowest BCUT2D eigenvalue weighted by atomic mass is 10.1. The van der Waals surface area contributed by atoms with Gasteiger partial charge in [-0.05, 0) is 36.2 Å². The van der Waals surface area contributed by atoms with Gasteiger partial charge in [0.2, 0.25) is 0 Å². The van der Waals surface area contributed by atoms with E-state index in [4.69, 9.17) is 11.6 Å². The molecule has 0 aliphatic rings. The second kappa shape index (κ2) is 10.5. The molecule has 2 nitrogen and oxygen atoms in total. The van der Waals surface area contributed by atoms with Crippen LogP contribution in [0.4, 0.5) is 0 Å². The summed E-state index contributed by atoms with van der Waals surface area (Å²) in [5.41, 5.74) is 3.80. The molecule has 0 amide bonds. The van der Waals surface area contributed by atoms with Crippen molar-refractivity contribution in [3.63, 3.8) is 0 Å². The maximum Gasteiger partial charge on any atom is 0.0491 e. The average molecular weight is 383 g/mol. The maximum atomic E-state index is 6.37. The van der Waals surface area contributed by atoms with E-state index in [0.29, 0.717) is 0 Å². The Labute approximate surface area is 168 Å². The molecule has 1 aromatic heterocycles. The molecule has 2 aromatic carbocycles. The van der Waals surface area contributed by atoms with Crippen molar-refractivity contribution >= 4 is 22.5 Å². The summed E-state index contributed by atoms with van der Waals surface area (Å²) in [6.07, 6.45) is 10.3. The van der Waals surface area contributed by atoms with Crippen LogP contribution < -0.4 is 5.32 Å². The number of hydrogen-bond acceptors (Lipinski definition) is 1. The summed E-state index contributed by atoms with van der Waals surface area (Å²) in [5, 5.41) is 5.80. The largest absolute Gasteiger partial charge is 0.343 e. The normalized spacial score (nSPS) is 11.3. The molecule has 144 valence electrons. The predicted molar refractivity (Wildman–Crippen MR) is 118 cm³/mol. The van der Waals surface area contributed by atoms with Crippen molar-refractivity contribution in [2.75, 3.05) is 6.54 Å². The number of aromatic nitrogens is 1. The van der Waals surface area contributed by atoms with Crippen LogP contribution in [0.5, 0.6) is 0 Å². The average Bonchev–Trinajstić information content (AvgIpc) is 3.03. The van der Waals surface area contributed by atoms with Crippen molar-refractivity contribution in [2.45, 2.75) is 58.5 Å². The molecule has 27 heavy (non-hydrogen) atoms. The fourth-order valence-corrected chi connectivity index (χ4v) is 3.85. The van der Waals surface area contributed by atoms with E-state index in [1.807, 2.05) is 12.1 Å². The number of rotatable bonds is 11. The first kappa shape index (κ1) is 20.0. The van der Waals surface area contributed by atoms with Crippen LogP contribution in [0.15, 0.2) is 54.7 Å². The third kappa shape index (κ3) is 5.60. The lowest BCUT2D eigenvalue weighted by Gasteiger charge is -2.07. The smallest absolute Gasteiger partial charge is 0.0491 e. The summed E-state index contributed by atoms with van der Waals surface area (Å²) < 4.78 is 2.32. The van der Waals surface area contributed by atoms with Crippen LogP contribution in [0.1, 0.15) is 56.6 Å². The summed E-state index contributed by atoms with van der Waals surface area (Å²) >= 11 is 6.37. The second-order valence-electron chi connectivity index (χ2n) is 7.34. The highest BCUT2D eigenvalue weighted by atomic mass is 35.5. The molecule has 0 saturated carbocycles. The van der Waals surface area contributed by atoms with Crippen LogP contribution in [-0.2, 0) is 13.1 Å². The highest BCUT2D eigenvalue weighted by Gasteiger charge is 2.09. The maximum absolute atomic E-state index is 6.37. The van der Waals surface area contributed by atoms with Crippen molar-refractivity contribution < 1.29 is 0 Å². The summed E-state index contributed by atoms with van der Waals surface area (Å²) in [5.74, 6) is 0. The second-order valence-corrected chi connectivity index (χ2v) is 7.74. The van der Waals surface area contributed by atoms with E-state index in [2.05, 4.69) is 59.4 Å². The van der Waals surface area contributed by atoms with E-state index in [9.17, 15) is 0 Å². The van der Waals surface area contributed by atoms with Crippen LogP contribution in [0, 0.1) is 0 Å². The third-order valence-electron chi connectivity index (χ3n) is 5.19. The minimum Gasteiger partial charge on any atom is -0.343 e. The molecule has 3 rings (SSSR count). The highest BCUT2D eigenvalue weighted by molar-refractivity contribution is 6.31. The van der Waals surface area contributed by atoms with Gasteiger partial charge in [-0.2, -0.15) is 0 Å². The van der Waals surface area contributed by atoms with Crippen LogP contribution in [0.25, 0.3) is 10.9 Å². The molecule has 0 spiro atoms. The minimum absolute atomic E-state index is 0.803. The van der Waals surface area contributed by atoms with Gasteiger partial charge in [0.25, 0.3) is 0 Å². The molecule has 0 saturated heterocycles. The standard InChI is InChI=1S/C24H31ClN2/c1-2-3-4-5-6-11-16-26-17-21-19-27(24-15-10-8-13-22(21)24)18-20-12-7-9-14-23(20)25/h7-10,12-15,19,26H,2-6,11,16-18H2,1H3. The van der Waals surface area contributed by atoms with Gasteiger partial charge in [-0.15, -0.1) is 0 Å². The van der Waals surface area contributed by atoms with E-state index in [0.717, 1.165) is 30.2 Å². The Balaban J connectivity index is 1.60. The van der Waals surface area contributed by atoms with Gasteiger partial charge in [-0.25, -0.2) is 0 Å². The van der Waals surface area contributed by atoms with Gasteiger partial charge in [0.15, 0.2) is 0 Å². The van der Waals surface area contributed by atoms with Crippen LogP contribution in [0.2, 0.25) is 5.02 Å². The van der Waals surface area contributed by atoms with Gasteiger partial charge in [0.1, 0.15) is 0 Å². The van der Waals surface area contributed by atoms with E-state index < -0.39 is 0 Å². The van der Waals surface area contributed by atoms with Gasteiger partial charge in [-0.1, -0.05) is 87.0 Å². The number of benzene rings is 2. The third-order valence-corrected chi connectivity index (χ3v) is 5.56. The molecule has 0 bridgehead atoms. The molecule has 1 heterocycles. The first-order valence-electron chi connectivity index (χ1n) is 10.3. The van der Waals surface area contributed by atoms with E-state index in [1.54, 1.807) is 0 Å². The molecular weight excluding hydrogens is 352 g/mol. The number of para-hydroxylation sites is 1. The number of nitrogens with zero attached hydrogens (tertiary/aromatic N) is 1. The fourth-order valence-electron chi connectivity index (χ4n) is 3.66. The van der Waals surface area contributed by atoms with Crippen molar-refractivity contribution in [2.24, 2.45) is 0 Å². The van der Waals surface area contributed by atoms with Crippen molar-refractivity contribution in [3.8, 4) is 0 Å². The SMILES string of the molecule is CCCCCCCCNCc1cn(Cc2ccccc2Cl)c2ccccc12. The van der Waals surface area contributed by atoms with E-state index in [1.165, 1.54) is 55.0 Å². The Bertz CT molecular complexity index is 837. The van der Waals surface area contributed by atoms with Crippen molar-refractivity contribution in [1.29, 1.82) is 0 Å². The molecule has 0 aliphatic heterocycles. The molecule has 0 radical (unpaired) electrons. The number of fused-ring (bicyclic) bond motifs is 1. The van der Waals surface area contributed by atoms with E-state index in [-0.39, 0.29) is 0 Å². The zero-order chi connectivity index (χ0) is 18.9. The number of halogens is 1. The molecule has 3 heteroatoms. The molecule has 0 fully saturated rings. The molecule has 1 N–H and O–H groups in total. The zero-order valence-electron chi connectivity index (χ0n) is 16.4. The molecular formula is C24H31ClN2. The number of hydrogen-bond donors (Lipinski definition) is 1. The number of unbranched alkanes of at least 4 members (excludes halogenated alkanes) is 5. The highest BCUT2D eigenvalue weighted by Crippen LogP contribution is 2.24. The Hall–Kier alpha value is -1.77. The molecule has 0 aliphatic carbocycles. The van der Waals surface area contributed by atoms with Crippen molar-refractivity contribution in [1.82, 2.24) is 9.88 Å². The Morgan fingerprint density at radius 2 is 1.59 bits per heavy atom. The van der Waals surface area contributed by atoms with Crippen molar-refractivity contribution in [3.05, 3.63) is 70.9 Å². The lowest BCUT2D eigenvalue weighted by molar-refractivity contribution is 0.572. The Morgan fingerprint density at radius 3 is 2.44 bits per heavy atom. The molecule has 3 aromatic rings. The van der Waals surface area contributed by atoms with Gasteiger partial charge >= 0.3 is 0 Å². The van der Waals surface area contributed by atoms with Crippen LogP contribution in [-0.4, -0.2) is 11.1 Å². The predicted octanol–water partition coefficient (Wildman–Crippen LogP) is 6.79. The molecule has 0 atom stereocenters. The van der Waals surface area contributed by atoms with Gasteiger partial charge in [0, 0.05) is 35.2 Å². The summed E-state index contributed by atoms with van der Waals surface area (Å²) in [6.45, 7) is 5.09. The van der Waals surface area contributed by atoms with Gasteiger partial charge < -0.3 is 9.88 Å².